The number of hydrazone groups is 1. The number of pyridine rings is 2. The largest absolute Gasteiger partial charge is 0.313 e. The molecule has 0 aliphatic rings. The van der Waals surface area contributed by atoms with Gasteiger partial charge in [0.15, 0.2) is 0 Å². The van der Waals surface area contributed by atoms with Crippen LogP contribution in [0.1, 0.15) is 37.5 Å². The van der Waals surface area contributed by atoms with Gasteiger partial charge in [0, 0.05) is 29.7 Å². The van der Waals surface area contributed by atoms with Gasteiger partial charge < -0.3 is 4.40 Å². The van der Waals surface area contributed by atoms with E-state index in [1.54, 1.807) is 28.9 Å². The maximum atomic E-state index is 13.2. The molecule has 0 radical (unpaired) electrons. The molecule has 4 rings (SSSR count). The molecule has 1 N–H and O–H groups in total. The lowest BCUT2D eigenvalue weighted by Crippen LogP contribution is -2.17. The topological polar surface area (TPSA) is 75.8 Å². The summed E-state index contributed by atoms with van der Waals surface area (Å²) in [5.41, 5.74) is 5.87. The molecule has 0 unspecified atom stereocenters. The second-order valence-corrected chi connectivity index (χ2v) is 6.62. The number of carbonyl (C=O) groups excluding carboxylic acids is 2. The molecule has 0 bridgehead atoms. The zero-order chi connectivity index (χ0) is 21.1. The first-order valence-corrected chi connectivity index (χ1v) is 9.19. The minimum absolute atomic E-state index is 0.229. The highest BCUT2D eigenvalue weighted by atomic mass is 19.1. The van der Waals surface area contributed by atoms with Gasteiger partial charge in [0.2, 0.25) is 5.78 Å². The van der Waals surface area contributed by atoms with E-state index in [2.05, 4.69) is 15.5 Å². The summed E-state index contributed by atoms with van der Waals surface area (Å²) in [7, 11) is 0. The van der Waals surface area contributed by atoms with Crippen LogP contribution in [0.4, 0.5) is 4.39 Å². The van der Waals surface area contributed by atoms with E-state index in [-0.39, 0.29) is 11.7 Å². The number of carbonyl (C=O) groups is 2. The molecular formula is C23H17FN4O2. The molecule has 6 nitrogen and oxygen atoms in total. The third-order valence-corrected chi connectivity index (χ3v) is 4.74. The molecular weight excluding hydrogens is 383 g/mol. The van der Waals surface area contributed by atoms with E-state index in [1.165, 1.54) is 36.7 Å². The summed E-state index contributed by atoms with van der Waals surface area (Å²) in [4.78, 5) is 29.2. The van der Waals surface area contributed by atoms with Crippen LogP contribution in [0.5, 0.6) is 0 Å². The second-order valence-electron chi connectivity index (χ2n) is 6.62. The summed E-state index contributed by atoms with van der Waals surface area (Å²) in [6.07, 6.45) is 6.32. The lowest BCUT2D eigenvalue weighted by atomic mass is 10.0. The Balaban J connectivity index is 1.69. The minimum Gasteiger partial charge on any atom is -0.313 e. The quantitative estimate of drug-likeness (QED) is 0.315. The fraction of sp³-hybridized carbons (Fsp3) is 0.0435. The Hall–Kier alpha value is -4.13. The minimum atomic E-state index is -0.402. The zero-order valence-electron chi connectivity index (χ0n) is 16.0. The maximum Gasteiger partial charge on any atom is 0.272 e. The van der Waals surface area contributed by atoms with Crippen LogP contribution in [0.25, 0.3) is 5.52 Å². The Morgan fingerprint density at radius 2 is 1.87 bits per heavy atom. The summed E-state index contributed by atoms with van der Waals surface area (Å²) in [5.74, 6) is -1.02. The monoisotopic (exact) mass is 400 g/mol. The molecule has 0 fully saturated rings. The number of aromatic nitrogens is 2. The molecule has 4 aromatic rings. The number of hydrogen-bond donors (Lipinski definition) is 1. The smallest absolute Gasteiger partial charge is 0.272 e. The summed E-state index contributed by atoms with van der Waals surface area (Å²) < 4.78 is 15.0. The molecule has 3 heterocycles. The number of amides is 1. The third kappa shape index (κ3) is 3.60. The van der Waals surface area contributed by atoms with Crippen LogP contribution in [0.15, 0.2) is 78.3 Å². The van der Waals surface area contributed by atoms with Crippen LogP contribution in [0, 0.1) is 12.7 Å². The highest BCUT2D eigenvalue weighted by molar-refractivity contribution is 6.12. The normalized spacial score (nSPS) is 11.1. The van der Waals surface area contributed by atoms with Crippen molar-refractivity contribution in [3.8, 4) is 0 Å². The first kappa shape index (κ1) is 19.2. The van der Waals surface area contributed by atoms with Crippen molar-refractivity contribution in [3.05, 3.63) is 107 Å². The fourth-order valence-corrected chi connectivity index (χ4v) is 3.26. The van der Waals surface area contributed by atoms with E-state index >= 15 is 0 Å². The first-order chi connectivity index (χ1) is 14.6. The van der Waals surface area contributed by atoms with Gasteiger partial charge in [-0.15, -0.1) is 0 Å². The standard InChI is InChI=1S/C23H17FN4O2/c1-15-19(14-26-27-23(30)17-5-4-11-25-13-17)20-6-2-3-12-28(20)21(15)22(29)16-7-9-18(24)10-8-16/h2-14H,1H3,(H,27,30). The Morgan fingerprint density at radius 3 is 2.60 bits per heavy atom. The van der Waals surface area contributed by atoms with Crippen molar-refractivity contribution in [1.29, 1.82) is 0 Å². The third-order valence-electron chi connectivity index (χ3n) is 4.74. The van der Waals surface area contributed by atoms with Gasteiger partial charge in [0.25, 0.3) is 5.91 Å². The van der Waals surface area contributed by atoms with Crippen LogP contribution in [-0.2, 0) is 0 Å². The van der Waals surface area contributed by atoms with Gasteiger partial charge in [-0.05, 0) is 61.0 Å². The predicted octanol–water partition coefficient (Wildman–Crippen LogP) is 3.78. The zero-order valence-corrected chi connectivity index (χ0v) is 16.0. The lowest BCUT2D eigenvalue weighted by Gasteiger charge is -2.04. The van der Waals surface area contributed by atoms with Crippen LogP contribution in [0.3, 0.4) is 0 Å². The van der Waals surface area contributed by atoms with Gasteiger partial charge in [-0.2, -0.15) is 5.10 Å². The van der Waals surface area contributed by atoms with Crippen LogP contribution < -0.4 is 5.43 Å². The number of hydrogen-bond acceptors (Lipinski definition) is 4. The first-order valence-electron chi connectivity index (χ1n) is 9.19. The van der Waals surface area contributed by atoms with E-state index in [4.69, 9.17) is 0 Å². The fourth-order valence-electron chi connectivity index (χ4n) is 3.26. The number of benzene rings is 1. The molecule has 1 amide bonds. The van der Waals surface area contributed by atoms with Crippen molar-refractivity contribution >= 4 is 23.4 Å². The van der Waals surface area contributed by atoms with E-state index < -0.39 is 5.82 Å². The van der Waals surface area contributed by atoms with Crippen molar-refractivity contribution in [2.24, 2.45) is 5.10 Å². The van der Waals surface area contributed by atoms with Crippen LogP contribution >= 0.6 is 0 Å². The van der Waals surface area contributed by atoms with Gasteiger partial charge in [-0.3, -0.25) is 14.6 Å². The Labute approximate surface area is 171 Å². The molecule has 0 aliphatic carbocycles. The number of nitrogens with one attached hydrogen (secondary N) is 1. The molecule has 0 saturated heterocycles. The molecule has 0 aliphatic heterocycles. The molecule has 0 spiro atoms. The van der Waals surface area contributed by atoms with Gasteiger partial charge in [0.1, 0.15) is 5.82 Å². The molecule has 3 aromatic heterocycles. The summed E-state index contributed by atoms with van der Waals surface area (Å²) in [5, 5.41) is 4.06. The van der Waals surface area contributed by atoms with Crippen molar-refractivity contribution < 1.29 is 14.0 Å². The van der Waals surface area contributed by atoms with Gasteiger partial charge in [-0.25, -0.2) is 9.82 Å². The van der Waals surface area contributed by atoms with Crippen molar-refractivity contribution in [3.63, 3.8) is 0 Å². The van der Waals surface area contributed by atoms with Gasteiger partial charge in [-0.1, -0.05) is 6.07 Å². The highest BCUT2D eigenvalue weighted by Gasteiger charge is 2.21. The second kappa shape index (κ2) is 8.08. The molecule has 148 valence electrons. The van der Waals surface area contributed by atoms with E-state index in [0.29, 0.717) is 27.9 Å². The molecule has 0 atom stereocenters. The number of fused-ring (bicyclic) bond motifs is 1. The maximum absolute atomic E-state index is 13.2. The number of ketones is 1. The summed E-state index contributed by atoms with van der Waals surface area (Å²) >= 11 is 0. The number of halogens is 1. The Kier molecular flexibility index (Phi) is 5.17. The summed E-state index contributed by atoms with van der Waals surface area (Å²) in [6.45, 7) is 1.81. The average molecular weight is 400 g/mol. The number of rotatable bonds is 5. The van der Waals surface area contributed by atoms with Crippen molar-refractivity contribution in [2.75, 3.05) is 0 Å². The molecule has 0 saturated carbocycles. The Morgan fingerprint density at radius 1 is 1.07 bits per heavy atom. The van der Waals surface area contributed by atoms with E-state index in [9.17, 15) is 14.0 Å². The van der Waals surface area contributed by atoms with Crippen LogP contribution in [0.2, 0.25) is 0 Å². The van der Waals surface area contributed by atoms with Crippen molar-refractivity contribution in [2.45, 2.75) is 6.92 Å². The molecule has 30 heavy (non-hydrogen) atoms. The van der Waals surface area contributed by atoms with Crippen LogP contribution in [-0.4, -0.2) is 27.3 Å². The predicted molar refractivity (Wildman–Crippen MR) is 111 cm³/mol. The lowest BCUT2D eigenvalue weighted by molar-refractivity contribution is 0.0954. The van der Waals surface area contributed by atoms with E-state index in [0.717, 1.165) is 5.52 Å². The molecule has 1 aromatic carbocycles. The van der Waals surface area contributed by atoms with Gasteiger partial charge >= 0.3 is 0 Å². The van der Waals surface area contributed by atoms with E-state index in [1.807, 2.05) is 25.1 Å². The molecule has 7 heteroatoms. The average Bonchev–Trinajstić information content (AvgIpc) is 3.06. The van der Waals surface area contributed by atoms with Crippen molar-refractivity contribution in [1.82, 2.24) is 14.8 Å². The van der Waals surface area contributed by atoms with Gasteiger partial charge in [0.05, 0.1) is 23.0 Å². The number of nitrogens with zero attached hydrogens (tertiary/aromatic N) is 3. The SMILES string of the molecule is Cc1c(C=NNC(=O)c2cccnc2)c2ccccn2c1C(=O)c1ccc(F)cc1. The highest BCUT2D eigenvalue weighted by Crippen LogP contribution is 2.24. The summed E-state index contributed by atoms with van der Waals surface area (Å²) in [6, 6.07) is 14.3. The Bertz CT molecular complexity index is 1260.